The van der Waals surface area contributed by atoms with E-state index in [1.165, 1.54) is 0 Å². The van der Waals surface area contributed by atoms with Crippen LogP contribution in [0.5, 0.6) is 11.5 Å². The maximum absolute atomic E-state index is 13.7. The Morgan fingerprint density at radius 1 is 0.946 bits per heavy atom. The SMILES string of the molecule is COc1ccc(OCC(=O)N(Cc2cccc(Br)c2)[C@@H](Cc2ccccc2)C(=O)NC2CCCC2)cc1. The largest absolute Gasteiger partial charge is 0.497 e. The van der Waals surface area contributed by atoms with Crippen molar-refractivity contribution >= 4 is 27.7 Å². The Morgan fingerprint density at radius 2 is 1.62 bits per heavy atom. The molecule has 1 atom stereocenters. The first-order valence-corrected chi connectivity index (χ1v) is 13.5. The van der Waals surface area contributed by atoms with Crippen molar-refractivity contribution in [2.75, 3.05) is 13.7 Å². The van der Waals surface area contributed by atoms with Gasteiger partial charge in [0, 0.05) is 23.5 Å². The monoisotopic (exact) mass is 564 g/mol. The van der Waals surface area contributed by atoms with Gasteiger partial charge in [0.15, 0.2) is 6.61 Å². The highest BCUT2D eigenvalue weighted by Gasteiger charge is 2.32. The number of nitrogens with zero attached hydrogens (tertiary/aromatic N) is 1. The van der Waals surface area contributed by atoms with Gasteiger partial charge in [0.25, 0.3) is 5.91 Å². The Labute approximate surface area is 227 Å². The van der Waals surface area contributed by atoms with Crippen molar-refractivity contribution in [1.82, 2.24) is 10.2 Å². The Balaban J connectivity index is 1.59. The van der Waals surface area contributed by atoms with Gasteiger partial charge in [0.2, 0.25) is 5.91 Å². The second kappa shape index (κ2) is 13.3. The summed E-state index contributed by atoms with van der Waals surface area (Å²) in [6, 6.07) is 24.2. The zero-order chi connectivity index (χ0) is 26.0. The fourth-order valence-electron chi connectivity index (χ4n) is 4.65. The van der Waals surface area contributed by atoms with Crippen LogP contribution in [0.15, 0.2) is 83.3 Å². The Kier molecular flexibility index (Phi) is 9.60. The number of halogens is 1. The molecule has 1 aliphatic rings. The lowest BCUT2D eigenvalue weighted by molar-refractivity contribution is -0.143. The molecular weight excluding hydrogens is 532 g/mol. The van der Waals surface area contributed by atoms with Crippen LogP contribution < -0.4 is 14.8 Å². The van der Waals surface area contributed by atoms with Crippen molar-refractivity contribution in [1.29, 1.82) is 0 Å². The summed E-state index contributed by atoms with van der Waals surface area (Å²) >= 11 is 3.52. The van der Waals surface area contributed by atoms with Gasteiger partial charge < -0.3 is 19.7 Å². The van der Waals surface area contributed by atoms with Gasteiger partial charge in [-0.15, -0.1) is 0 Å². The molecule has 2 amide bonds. The first-order valence-electron chi connectivity index (χ1n) is 12.7. The van der Waals surface area contributed by atoms with Gasteiger partial charge in [-0.2, -0.15) is 0 Å². The van der Waals surface area contributed by atoms with Crippen LogP contribution in [0, 0.1) is 0 Å². The van der Waals surface area contributed by atoms with Crippen LogP contribution in [0.1, 0.15) is 36.8 Å². The van der Waals surface area contributed by atoms with E-state index in [-0.39, 0.29) is 24.5 Å². The summed E-state index contributed by atoms with van der Waals surface area (Å²) in [5.41, 5.74) is 1.93. The van der Waals surface area contributed by atoms with Crippen LogP contribution >= 0.6 is 15.9 Å². The molecule has 3 aromatic rings. The molecule has 1 fully saturated rings. The number of methoxy groups -OCH3 is 1. The maximum Gasteiger partial charge on any atom is 0.261 e. The van der Waals surface area contributed by atoms with Crippen LogP contribution in [0.4, 0.5) is 0 Å². The lowest BCUT2D eigenvalue weighted by Gasteiger charge is -2.32. The Bertz CT molecular complexity index is 1160. The Hall–Kier alpha value is -3.32. The van der Waals surface area contributed by atoms with Crippen LogP contribution in [-0.2, 0) is 22.6 Å². The maximum atomic E-state index is 13.7. The van der Waals surface area contributed by atoms with Crippen LogP contribution in [0.3, 0.4) is 0 Å². The van der Waals surface area contributed by atoms with Crippen molar-refractivity contribution in [3.8, 4) is 11.5 Å². The molecule has 37 heavy (non-hydrogen) atoms. The third-order valence-corrected chi connectivity index (χ3v) is 7.13. The van der Waals surface area contributed by atoms with Crippen molar-refractivity contribution < 1.29 is 19.1 Å². The number of amides is 2. The van der Waals surface area contributed by atoms with Gasteiger partial charge in [0.05, 0.1) is 7.11 Å². The van der Waals surface area contributed by atoms with E-state index in [1.54, 1.807) is 36.3 Å². The molecule has 0 radical (unpaired) electrons. The topological polar surface area (TPSA) is 67.9 Å². The molecule has 0 saturated heterocycles. The molecule has 3 aromatic carbocycles. The highest BCUT2D eigenvalue weighted by Crippen LogP contribution is 2.22. The van der Waals surface area contributed by atoms with Gasteiger partial charge in [-0.3, -0.25) is 9.59 Å². The fourth-order valence-corrected chi connectivity index (χ4v) is 5.10. The number of carbonyl (C=O) groups is 2. The predicted molar refractivity (Wildman–Crippen MR) is 148 cm³/mol. The molecular formula is C30H33BrN2O4. The number of nitrogens with one attached hydrogen (secondary N) is 1. The number of hydrogen-bond acceptors (Lipinski definition) is 4. The molecule has 7 heteroatoms. The average molecular weight is 566 g/mol. The third-order valence-electron chi connectivity index (χ3n) is 6.64. The highest BCUT2D eigenvalue weighted by molar-refractivity contribution is 9.10. The predicted octanol–water partition coefficient (Wildman–Crippen LogP) is 5.54. The van der Waals surface area contributed by atoms with E-state index >= 15 is 0 Å². The van der Waals surface area contributed by atoms with Gasteiger partial charge in [-0.1, -0.05) is 71.2 Å². The molecule has 1 N–H and O–H groups in total. The third kappa shape index (κ3) is 7.83. The minimum atomic E-state index is -0.672. The molecule has 0 aliphatic heterocycles. The quantitative estimate of drug-likeness (QED) is 0.332. The first-order chi connectivity index (χ1) is 18.0. The zero-order valence-corrected chi connectivity index (χ0v) is 22.7. The standard InChI is InChI=1S/C30H33BrN2O4/c1-36-26-14-16-27(17-15-26)37-21-29(34)33(20-23-10-7-11-24(31)18-23)28(19-22-8-3-2-4-9-22)30(35)32-25-12-5-6-13-25/h2-4,7-11,14-18,25,28H,5-6,12-13,19-21H2,1H3,(H,32,35)/t28-/m0/s1. The van der Waals surface area contributed by atoms with Crippen molar-refractivity contribution in [3.05, 3.63) is 94.5 Å². The van der Waals surface area contributed by atoms with Crippen molar-refractivity contribution in [2.45, 2.75) is 50.7 Å². The summed E-state index contributed by atoms with van der Waals surface area (Å²) in [7, 11) is 1.60. The highest BCUT2D eigenvalue weighted by atomic mass is 79.9. The molecule has 0 bridgehead atoms. The van der Waals surface area contributed by atoms with E-state index < -0.39 is 6.04 Å². The number of rotatable bonds is 11. The number of ether oxygens (including phenoxy) is 2. The molecule has 1 aliphatic carbocycles. The molecule has 0 unspecified atom stereocenters. The summed E-state index contributed by atoms with van der Waals surface area (Å²) < 4.78 is 12.0. The molecule has 6 nitrogen and oxygen atoms in total. The van der Waals surface area contributed by atoms with Gasteiger partial charge in [0.1, 0.15) is 17.5 Å². The van der Waals surface area contributed by atoms with Gasteiger partial charge in [-0.25, -0.2) is 0 Å². The van der Waals surface area contributed by atoms with Crippen molar-refractivity contribution in [2.24, 2.45) is 0 Å². The lowest BCUT2D eigenvalue weighted by Crippen LogP contribution is -2.53. The molecule has 0 heterocycles. The molecule has 194 valence electrons. The summed E-state index contributed by atoms with van der Waals surface area (Å²) in [5, 5.41) is 3.22. The van der Waals surface area contributed by atoms with E-state index in [4.69, 9.17) is 9.47 Å². The van der Waals surface area contributed by atoms with Crippen LogP contribution in [0.25, 0.3) is 0 Å². The van der Waals surface area contributed by atoms with E-state index in [9.17, 15) is 9.59 Å². The summed E-state index contributed by atoms with van der Waals surface area (Å²) in [5.74, 6) is 0.898. The summed E-state index contributed by atoms with van der Waals surface area (Å²) in [4.78, 5) is 29.0. The smallest absolute Gasteiger partial charge is 0.261 e. The fraction of sp³-hybridized carbons (Fsp3) is 0.333. The second-order valence-electron chi connectivity index (χ2n) is 9.31. The lowest BCUT2D eigenvalue weighted by atomic mass is 10.0. The minimum absolute atomic E-state index is 0.122. The number of carbonyl (C=O) groups excluding carboxylic acids is 2. The van der Waals surface area contributed by atoms with Gasteiger partial charge in [-0.05, 0) is 60.4 Å². The average Bonchev–Trinajstić information content (AvgIpc) is 3.43. The molecule has 0 spiro atoms. The zero-order valence-electron chi connectivity index (χ0n) is 21.1. The Morgan fingerprint density at radius 3 is 2.30 bits per heavy atom. The molecule has 1 saturated carbocycles. The van der Waals surface area contributed by atoms with E-state index in [0.29, 0.717) is 24.5 Å². The normalized spacial score (nSPS) is 14.1. The van der Waals surface area contributed by atoms with Gasteiger partial charge >= 0.3 is 0 Å². The summed E-state index contributed by atoms with van der Waals surface area (Å²) in [6.45, 7) is 0.113. The number of benzene rings is 3. The first kappa shape index (κ1) is 26.7. The molecule has 0 aromatic heterocycles. The van der Waals surface area contributed by atoms with E-state index in [1.807, 2.05) is 54.6 Å². The van der Waals surface area contributed by atoms with E-state index in [0.717, 1.165) is 41.3 Å². The van der Waals surface area contributed by atoms with Crippen LogP contribution in [0.2, 0.25) is 0 Å². The number of hydrogen-bond donors (Lipinski definition) is 1. The van der Waals surface area contributed by atoms with Crippen LogP contribution in [-0.4, -0.2) is 42.5 Å². The minimum Gasteiger partial charge on any atom is -0.497 e. The van der Waals surface area contributed by atoms with Crippen molar-refractivity contribution in [3.63, 3.8) is 0 Å². The molecule has 4 rings (SSSR count). The second-order valence-corrected chi connectivity index (χ2v) is 10.2. The summed E-state index contributed by atoms with van der Waals surface area (Å²) in [6.07, 6.45) is 4.60. The van der Waals surface area contributed by atoms with E-state index in [2.05, 4.69) is 21.2 Å².